The minimum Gasteiger partial charge on any atom is -0.262 e. The Balaban J connectivity index is 3.34. The molecule has 0 fully saturated rings. The summed E-state index contributed by atoms with van der Waals surface area (Å²) in [4.78, 5) is 3.90. The number of pyridine rings is 1. The molecule has 1 aromatic rings. The van der Waals surface area contributed by atoms with Crippen molar-refractivity contribution in [3.8, 4) is 12.3 Å². The van der Waals surface area contributed by atoms with Gasteiger partial charge in [-0.05, 0) is 31.9 Å². The zero-order valence-electron chi connectivity index (χ0n) is 4.94. The van der Waals surface area contributed by atoms with Crippen molar-refractivity contribution in [3.63, 3.8) is 0 Å². The van der Waals surface area contributed by atoms with Crippen LogP contribution >= 0.6 is 31.9 Å². The molecule has 0 N–H and O–H groups in total. The van der Waals surface area contributed by atoms with E-state index in [2.05, 4.69) is 42.8 Å². The number of hydrogen-bond donors (Lipinski definition) is 0. The van der Waals surface area contributed by atoms with E-state index in [4.69, 9.17) is 6.42 Å². The molecule has 1 aromatic heterocycles. The Kier molecular flexibility index (Phi) is 2.47. The molecule has 50 valence electrons. The van der Waals surface area contributed by atoms with Crippen LogP contribution in [0.3, 0.4) is 0 Å². The van der Waals surface area contributed by atoms with Gasteiger partial charge in [-0.3, -0.25) is 4.98 Å². The summed E-state index contributed by atoms with van der Waals surface area (Å²) in [5.41, 5.74) is 0.801. The molecule has 0 radical (unpaired) electrons. The summed E-state index contributed by atoms with van der Waals surface area (Å²) < 4.78 is 1.67. The zero-order valence-corrected chi connectivity index (χ0v) is 8.11. The second-order valence-electron chi connectivity index (χ2n) is 1.62. The molecule has 0 saturated carbocycles. The standard InChI is InChI=1S/C7H3Br2N/c1-2-5-6(8)3-10-4-7(5)9/h1,3-4H. The van der Waals surface area contributed by atoms with Crippen LogP contribution in [-0.4, -0.2) is 4.98 Å². The predicted octanol–water partition coefficient (Wildman–Crippen LogP) is 2.59. The van der Waals surface area contributed by atoms with Crippen molar-refractivity contribution in [3.05, 3.63) is 26.9 Å². The van der Waals surface area contributed by atoms with Gasteiger partial charge < -0.3 is 0 Å². The summed E-state index contributed by atoms with van der Waals surface area (Å²) in [6, 6.07) is 0. The largest absolute Gasteiger partial charge is 0.262 e. The smallest absolute Gasteiger partial charge is 0.0558 e. The maximum absolute atomic E-state index is 5.21. The first-order chi connectivity index (χ1) is 4.75. The number of aromatic nitrogens is 1. The van der Waals surface area contributed by atoms with Crippen LogP contribution in [0.1, 0.15) is 5.56 Å². The van der Waals surface area contributed by atoms with Gasteiger partial charge in [0.25, 0.3) is 0 Å². The minimum absolute atomic E-state index is 0.801. The van der Waals surface area contributed by atoms with Gasteiger partial charge in [-0.15, -0.1) is 6.42 Å². The van der Waals surface area contributed by atoms with Gasteiger partial charge in [0.2, 0.25) is 0 Å². The van der Waals surface area contributed by atoms with Gasteiger partial charge >= 0.3 is 0 Å². The van der Waals surface area contributed by atoms with E-state index in [1.807, 2.05) is 0 Å². The number of hydrogen-bond acceptors (Lipinski definition) is 1. The maximum Gasteiger partial charge on any atom is 0.0558 e. The lowest BCUT2D eigenvalue weighted by Crippen LogP contribution is -1.81. The normalized spacial score (nSPS) is 8.90. The van der Waals surface area contributed by atoms with Gasteiger partial charge in [0.1, 0.15) is 0 Å². The monoisotopic (exact) mass is 259 g/mol. The minimum atomic E-state index is 0.801. The van der Waals surface area contributed by atoms with E-state index in [1.54, 1.807) is 12.4 Å². The van der Waals surface area contributed by atoms with Gasteiger partial charge in [-0.1, -0.05) is 5.92 Å². The fourth-order valence-electron chi connectivity index (χ4n) is 0.549. The van der Waals surface area contributed by atoms with Crippen LogP contribution in [0.5, 0.6) is 0 Å². The molecule has 3 heteroatoms. The molecule has 0 bridgehead atoms. The number of halogens is 2. The number of nitrogens with zero attached hydrogens (tertiary/aromatic N) is 1. The predicted molar refractivity (Wildman–Crippen MR) is 47.6 cm³/mol. The van der Waals surface area contributed by atoms with Crippen LogP contribution in [0.25, 0.3) is 0 Å². The molecule has 0 aromatic carbocycles. The van der Waals surface area contributed by atoms with Gasteiger partial charge in [0.15, 0.2) is 0 Å². The second kappa shape index (κ2) is 3.18. The van der Waals surface area contributed by atoms with Gasteiger partial charge in [0.05, 0.1) is 14.5 Å². The molecular weight excluding hydrogens is 258 g/mol. The van der Waals surface area contributed by atoms with Crippen LogP contribution in [0.4, 0.5) is 0 Å². The Morgan fingerprint density at radius 1 is 1.30 bits per heavy atom. The Bertz CT molecular complexity index is 268. The number of rotatable bonds is 0. The molecule has 0 aliphatic rings. The molecule has 0 atom stereocenters. The van der Waals surface area contributed by atoms with E-state index in [0.29, 0.717) is 0 Å². The molecule has 0 aliphatic carbocycles. The summed E-state index contributed by atoms with van der Waals surface area (Å²) in [5.74, 6) is 2.53. The number of terminal acetylenes is 1. The Morgan fingerprint density at radius 3 is 2.10 bits per heavy atom. The highest BCUT2D eigenvalue weighted by atomic mass is 79.9. The third kappa shape index (κ3) is 1.39. The molecule has 1 heterocycles. The molecule has 10 heavy (non-hydrogen) atoms. The lowest BCUT2D eigenvalue weighted by Gasteiger charge is -1.96. The van der Waals surface area contributed by atoms with Crippen molar-refractivity contribution in [1.29, 1.82) is 0 Å². The first kappa shape index (κ1) is 7.77. The topological polar surface area (TPSA) is 12.9 Å². The average molecular weight is 261 g/mol. The van der Waals surface area contributed by atoms with E-state index in [9.17, 15) is 0 Å². The molecule has 1 rings (SSSR count). The van der Waals surface area contributed by atoms with Crippen molar-refractivity contribution in [1.82, 2.24) is 4.98 Å². The Morgan fingerprint density at radius 2 is 1.80 bits per heavy atom. The van der Waals surface area contributed by atoms with Gasteiger partial charge in [0, 0.05) is 12.4 Å². The first-order valence-electron chi connectivity index (χ1n) is 2.51. The van der Waals surface area contributed by atoms with Crippen LogP contribution in [-0.2, 0) is 0 Å². The van der Waals surface area contributed by atoms with Crippen LogP contribution in [0.2, 0.25) is 0 Å². The summed E-state index contributed by atoms with van der Waals surface area (Å²) in [6.45, 7) is 0. The molecule has 1 nitrogen and oxygen atoms in total. The zero-order chi connectivity index (χ0) is 7.56. The average Bonchev–Trinajstić information content (AvgIpc) is 1.88. The van der Waals surface area contributed by atoms with E-state index in [-0.39, 0.29) is 0 Å². The fourth-order valence-corrected chi connectivity index (χ4v) is 1.71. The summed E-state index contributed by atoms with van der Waals surface area (Å²) >= 11 is 6.54. The van der Waals surface area contributed by atoms with E-state index in [0.717, 1.165) is 14.5 Å². The summed E-state index contributed by atoms with van der Waals surface area (Å²) in [7, 11) is 0. The third-order valence-electron chi connectivity index (χ3n) is 0.998. The fraction of sp³-hybridized carbons (Fsp3) is 0. The summed E-state index contributed by atoms with van der Waals surface area (Å²) in [5, 5.41) is 0. The highest BCUT2D eigenvalue weighted by Gasteiger charge is 1.99. The van der Waals surface area contributed by atoms with Crippen LogP contribution < -0.4 is 0 Å². The first-order valence-corrected chi connectivity index (χ1v) is 4.10. The van der Waals surface area contributed by atoms with E-state index in [1.165, 1.54) is 0 Å². The molecule has 0 unspecified atom stereocenters. The quantitative estimate of drug-likeness (QED) is 0.654. The van der Waals surface area contributed by atoms with Crippen molar-refractivity contribution in [2.45, 2.75) is 0 Å². The van der Waals surface area contributed by atoms with E-state index >= 15 is 0 Å². The van der Waals surface area contributed by atoms with E-state index < -0.39 is 0 Å². The highest BCUT2D eigenvalue weighted by molar-refractivity contribution is 9.11. The summed E-state index contributed by atoms with van der Waals surface area (Å²) in [6.07, 6.45) is 8.55. The van der Waals surface area contributed by atoms with Crippen LogP contribution in [0, 0.1) is 12.3 Å². The van der Waals surface area contributed by atoms with Gasteiger partial charge in [-0.2, -0.15) is 0 Å². The molecular formula is C7H3Br2N. The van der Waals surface area contributed by atoms with Crippen molar-refractivity contribution < 1.29 is 0 Å². The molecule has 0 aliphatic heterocycles. The molecule has 0 amide bonds. The van der Waals surface area contributed by atoms with Crippen LogP contribution in [0.15, 0.2) is 21.3 Å². The maximum atomic E-state index is 5.21. The van der Waals surface area contributed by atoms with Crippen molar-refractivity contribution in [2.75, 3.05) is 0 Å². The van der Waals surface area contributed by atoms with Crippen molar-refractivity contribution in [2.24, 2.45) is 0 Å². The highest BCUT2D eigenvalue weighted by Crippen LogP contribution is 2.21. The lowest BCUT2D eigenvalue weighted by molar-refractivity contribution is 1.28. The molecule has 0 spiro atoms. The molecule has 0 saturated heterocycles. The third-order valence-corrected chi connectivity index (χ3v) is 2.20. The SMILES string of the molecule is C#Cc1c(Br)cncc1Br. The van der Waals surface area contributed by atoms with Gasteiger partial charge in [-0.25, -0.2) is 0 Å². The Labute approximate surface area is 76.1 Å². The Hall–Kier alpha value is -0.330. The lowest BCUT2D eigenvalue weighted by atomic mass is 10.3. The van der Waals surface area contributed by atoms with Crippen molar-refractivity contribution >= 4 is 31.9 Å². The second-order valence-corrected chi connectivity index (χ2v) is 3.33.